The van der Waals surface area contributed by atoms with Gasteiger partial charge < -0.3 is 20.3 Å². The van der Waals surface area contributed by atoms with E-state index >= 15 is 0 Å². The van der Waals surface area contributed by atoms with Crippen molar-refractivity contribution in [2.45, 2.75) is 64.1 Å². The molecule has 2 heterocycles. The standard InChI is InChI=1S/C29H38N4O4S/c1-20-10-12-24-16-23(20)17-30-28(35)25(13-11-21-6-3-2-4-7-21)31-29(36)26(32-38)8-5-9-27(34)33-15-14-22(18-33)19-37-24/h2-4,6-7,10,12,16,22,25-26,32,38H,5,8-9,11,13-15,17-19H2,1H3,(H,30,35)(H,31,36). The average molecular weight is 539 g/mol. The third-order valence-corrected chi connectivity index (χ3v) is 7.76. The van der Waals surface area contributed by atoms with Gasteiger partial charge in [0.2, 0.25) is 17.7 Å². The van der Waals surface area contributed by atoms with Crippen LogP contribution in [0.2, 0.25) is 0 Å². The Morgan fingerprint density at radius 1 is 1.08 bits per heavy atom. The first kappa shape index (κ1) is 28.0. The van der Waals surface area contributed by atoms with E-state index in [9.17, 15) is 14.4 Å². The summed E-state index contributed by atoms with van der Waals surface area (Å²) >= 11 is 4.16. The van der Waals surface area contributed by atoms with E-state index in [0.29, 0.717) is 51.8 Å². The van der Waals surface area contributed by atoms with Gasteiger partial charge in [-0.25, -0.2) is 0 Å². The van der Waals surface area contributed by atoms with E-state index in [1.54, 1.807) is 0 Å². The normalized spacial score (nSPS) is 23.5. The summed E-state index contributed by atoms with van der Waals surface area (Å²) in [6, 6.07) is 14.5. The van der Waals surface area contributed by atoms with Crippen molar-refractivity contribution in [3.63, 3.8) is 0 Å². The molecule has 3 atom stereocenters. The summed E-state index contributed by atoms with van der Waals surface area (Å²) in [5, 5.41) is 5.95. The van der Waals surface area contributed by atoms with Gasteiger partial charge in [0.05, 0.1) is 12.6 Å². The maximum absolute atomic E-state index is 13.3. The zero-order valence-electron chi connectivity index (χ0n) is 21.9. The molecular formula is C29H38N4O4S. The maximum Gasteiger partial charge on any atom is 0.242 e. The maximum atomic E-state index is 13.3. The summed E-state index contributed by atoms with van der Waals surface area (Å²) in [5.74, 6) is 0.594. The Bertz CT molecular complexity index is 1110. The minimum atomic E-state index is -0.711. The van der Waals surface area contributed by atoms with Crippen molar-refractivity contribution in [2.75, 3.05) is 19.7 Å². The second-order valence-electron chi connectivity index (χ2n) is 10.3. The summed E-state index contributed by atoms with van der Waals surface area (Å²) in [6.07, 6.45) is 3.37. The van der Waals surface area contributed by atoms with E-state index in [-0.39, 0.29) is 23.6 Å². The molecule has 0 radical (unpaired) electrons. The summed E-state index contributed by atoms with van der Waals surface area (Å²) in [6.45, 7) is 4.30. The average Bonchev–Trinajstić information content (AvgIpc) is 3.41. The molecule has 2 aromatic rings. The molecule has 2 aromatic carbocycles. The number of nitrogens with one attached hydrogen (secondary N) is 3. The molecule has 8 nitrogen and oxygen atoms in total. The second-order valence-corrected chi connectivity index (χ2v) is 10.5. The Hall–Kier alpha value is -3.04. The van der Waals surface area contributed by atoms with Gasteiger partial charge in [0.25, 0.3) is 0 Å². The van der Waals surface area contributed by atoms with E-state index in [4.69, 9.17) is 4.74 Å². The lowest BCUT2D eigenvalue weighted by Gasteiger charge is -2.22. The van der Waals surface area contributed by atoms with Crippen LogP contribution in [0.4, 0.5) is 0 Å². The van der Waals surface area contributed by atoms with Gasteiger partial charge >= 0.3 is 0 Å². The fraction of sp³-hybridized carbons (Fsp3) is 0.483. The Balaban J connectivity index is 1.52. The molecule has 0 aromatic heterocycles. The third-order valence-electron chi connectivity index (χ3n) is 7.45. The number of aryl methyl sites for hydroxylation is 2. The number of rotatable bonds is 4. The molecule has 2 aliphatic rings. The van der Waals surface area contributed by atoms with Gasteiger partial charge in [0.15, 0.2) is 0 Å². The molecule has 1 fully saturated rings. The molecule has 0 spiro atoms. The van der Waals surface area contributed by atoms with Crippen molar-refractivity contribution in [3.05, 3.63) is 65.2 Å². The number of fused-ring (bicyclic) bond motifs is 4. The van der Waals surface area contributed by atoms with Crippen LogP contribution < -0.4 is 20.1 Å². The quantitative estimate of drug-likeness (QED) is 0.449. The van der Waals surface area contributed by atoms with Crippen molar-refractivity contribution in [1.29, 1.82) is 0 Å². The Kier molecular flexibility index (Phi) is 10.1. The van der Waals surface area contributed by atoms with Crippen LogP contribution in [0, 0.1) is 12.8 Å². The van der Waals surface area contributed by atoms with Gasteiger partial charge in [0, 0.05) is 32.0 Å². The predicted octanol–water partition coefficient (Wildman–Crippen LogP) is 2.94. The second kappa shape index (κ2) is 13.7. The summed E-state index contributed by atoms with van der Waals surface area (Å²) < 4.78 is 8.85. The number of thiol groups is 1. The number of benzene rings is 2. The molecule has 3 N–H and O–H groups in total. The van der Waals surface area contributed by atoms with Gasteiger partial charge in [-0.3, -0.25) is 19.1 Å². The highest BCUT2D eigenvalue weighted by molar-refractivity contribution is 7.78. The molecule has 1 saturated heterocycles. The molecule has 4 bridgehead atoms. The first-order valence-electron chi connectivity index (χ1n) is 13.4. The predicted molar refractivity (Wildman–Crippen MR) is 150 cm³/mol. The SMILES string of the molecule is Cc1ccc2cc1CNC(=O)C(CCc1ccccc1)NC(=O)C(NS)CCCC(=O)N1CCC(CO2)C1. The van der Waals surface area contributed by atoms with E-state index < -0.39 is 12.1 Å². The van der Waals surface area contributed by atoms with Gasteiger partial charge in [-0.05, 0) is 67.9 Å². The van der Waals surface area contributed by atoms with Crippen LogP contribution in [0.1, 0.15) is 48.8 Å². The lowest BCUT2D eigenvalue weighted by atomic mass is 10.0. The number of amides is 3. The Morgan fingerprint density at radius 3 is 2.68 bits per heavy atom. The Morgan fingerprint density at radius 2 is 1.89 bits per heavy atom. The molecule has 2 aliphatic heterocycles. The fourth-order valence-electron chi connectivity index (χ4n) is 5.01. The highest BCUT2D eigenvalue weighted by Gasteiger charge is 2.28. The number of hydrogen-bond acceptors (Lipinski definition) is 6. The molecule has 3 amide bonds. The first-order valence-corrected chi connectivity index (χ1v) is 13.9. The first-order chi connectivity index (χ1) is 18.4. The molecule has 9 heteroatoms. The highest BCUT2D eigenvalue weighted by atomic mass is 32.1. The number of hydrogen-bond donors (Lipinski definition) is 4. The molecule has 204 valence electrons. The summed E-state index contributed by atoms with van der Waals surface area (Å²) in [5.41, 5.74) is 3.10. The number of carbonyl (C=O) groups is 3. The molecule has 38 heavy (non-hydrogen) atoms. The summed E-state index contributed by atoms with van der Waals surface area (Å²) in [4.78, 5) is 41.1. The monoisotopic (exact) mass is 538 g/mol. The van der Waals surface area contributed by atoms with Crippen molar-refractivity contribution in [3.8, 4) is 5.75 Å². The van der Waals surface area contributed by atoms with Crippen molar-refractivity contribution in [2.24, 2.45) is 5.92 Å². The van der Waals surface area contributed by atoms with Gasteiger partial charge in [-0.1, -0.05) is 49.2 Å². The van der Waals surface area contributed by atoms with Gasteiger partial charge in [-0.2, -0.15) is 0 Å². The largest absolute Gasteiger partial charge is 0.493 e. The topological polar surface area (TPSA) is 99.8 Å². The zero-order valence-corrected chi connectivity index (χ0v) is 22.8. The van der Waals surface area contributed by atoms with E-state index in [0.717, 1.165) is 35.4 Å². The van der Waals surface area contributed by atoms with Crippen LogP contribution in [-0.2, 0) is 27.3 Å². The number of nitrogens with zero attached hydrogens (tertiary/aromatic N) is 1. The van der Waals surface area contributed by atoms with E-state index in [1.165, 1.54) is 0 Å². The lowest BCUT2D eigenvalue weighted by Crippen LogP contribution is -2.51. The number of ether oxygens (including phenoxy) is 1. The summed E-state index contributed by atoms with van der Waals surface area (Å²) in [7, 11) is 0. The van der Waals surface area contributed by atoms with Crippen LogP contribution in [0.25, 0.3) is 0 Å². The third kappa shape index (κ3) is 7.74. The van der Waals surface area contributed by atoms with Crippen molar-refractivity contribution in [1.82, 2.24) is 20.3 Å². The minimum absolute atomic E-state index is 0.0986. The molecule has 0 aliphatic carbocycles. The van der Waals surface area contributed by atoms with Crippen LogP contribution in [0.5, 0.6) is 5.75 Å². The van der Waals surface area contributed by atoms with E-state index in [2.05, 4.69) is 28.2 Å². The van der Waals surface area contributed by atoms with Crippen LogP contribution >= 0.6 is 12.8 Å². The highest BCUT2D eigenvalue weighted by Crippen LogP contribution is 2.22. The molecule has 3 unspecified atom stereocenters. The minimum Gasteiger partial charge on any atom is -0.493 e. The Labute approximate surface area is 230 Å². The molecule has 0 saturated carbocycles. The van der Waals surface area contributed by atoms with Crippen molar-refractivity contribution < 1.29 is 19.1 Å². The van der Waals surface area contributed by atoms with Crippen LogP contribution in [0.15, 0.2) is 48.5 Å². The van der Waals surface area contributed by atoms with E-state index in [1.807, 2.05) is 60.4 Å². The molecular weight excluding hydrogens is 500 g/mol. The van der Waals surface area contributed by atoms with Crippen molar-refractivity contribution >= 4 is 30.5 Å². The van der Waals surface area contributed by atoms with Crippen LogP contribution in [-0.4, -0.2) is 54.4 Å². The lowest BCUT2D eigenvalue weighted by molar-refractivity contribution is -0.131. The van der Waals surface area contributed by atoms with Crippen LogP contribution in [0.3, 0.4) is 0 Å². The zero-order chi connectivity index (χ0) is 26.9. The van der Waals surface area contributed by atoms with Gasteiger partial charge in [-0.15, -0.1) is 0 Å². The fourth-order valence-corrected chi connectivity index (χ4v) is 5.26. The number of carbonyl (C=O) groups excluding carboxylic acids is 3. The van der Waals surface area contributed by atoms with Gasteiger partial charge in [0.1, 0.15) is 11.8 Å². The smallest absolute Gasteiger partial charge is 0.242 e. The molecule has 4 rings (SSSR count).